The summed E-state index contributed by atoms with van der Waals surface area (Å²) in [6.07, 6.45) is -0.962. The maximum absolute atomic E-state index is 13.2. The van der Waals surface area contributed by atoms with Crippen LogP contribution in [0.1, 0.15) is 18.4 Å². The molecule has 1 saturated carbocycles. The molecule has 3 rings (SSSR count). The molecule has 1 aromatic rings. The van der Waals surface area contributed by atoms with Crippen molar-refractivity contribution in [3.63, 3.8) is 0 Å². The van der Waals surface area contributed by atoms with E-state index >= 15 is 0 Å². The summed E-state index contributed by atoms with van der Waals surface area (Å²) in [6, 6.07) is 2.16. The van der Waals surface area contributed by atoms with Gasteiger partial charge in [-0.2, -0.15) is 13.2 Å². The second-order valence-electron chi connectivity index (χ2n) is 6.39. The Morgan fingerprint density at radius 3 is 2.79 bits per heavy atom. The van der Waals surface area contributed by atoms with Crippen molar-refractivity contribution in [3.8, 4) is 0 Å². The number of carbonyl (C=O) groups is 1. The Balaban J connectivity index is 1.80. The largest absolute Gasteiger partial charge is 0.419 e. The average Bonchev–Trinajstić information content (AvgIpc) is 3.28. The number of nitrogens with one attached hydrogen (secondary N) is 1. The summed E-state index contributed by atoms with van der Waals surface area (Å²) in [4.78, 5) is 17.4. The molecule has 8 heteroatoms. The highest BCUT2D eigenvalue weighted by Gasteiger charge is 2.45. The molecule has 1 aliphatic heterocycles. The Morgan fingerprint density at radius 2 is 2.17 bits per heavy atom. The molecule has 2 fully saturated rings. The van der Waals surface area contributed by atoms with E-state index in [1.807, 2.05) is 0 Å². The van der Waals surface area contributed by atoms with Crippen molar-refractivity contribution < 1.29 is 22.7 Å². The first-order valence-corrected chi connectivity index (χ1v) is 7.95. The minimum atomic E-state index is -4.45. The van der Waals surface area contributed by atoms with Crippen LogP contribution in [0.5, 0.6) is 0 Å². The summed E-state index contributed by atoms with van der Waals surface area (Å²) < 4.78 is 44.5. The molecule has 0 radical (unpaired) electrons. The number of halogens is 3. The van der Waals surface area contributed by atoms with Gasteiger partial charge >= 0.3 is 6.18 Å². The van der Waals surface area contributed by atoms with Crippen molar-refractivity contribution in [1.82, 2.24) is 10.3 Å². The molecular formula is C16H20F3N3O2. The number of alkyl halides is 3. The third kappa shape index (κ3) is 3.63. The second kappa shape index (κ2) is 6.58. The molecule has 0 aromatic carbocycles. The number of ether oxygens (including phenoxy) is 1. The van der Waals surface area contributed by atoms with Gasteiger partial charge in [0.1, 0.15) is 12.4 Å². The Morgan fingerprint density at radius 1 is 1.42 bits per heavy atom. The standard InChI is InChI=1S/C16H20F3N3O2/c1-24-9-14(23)21-13-8-22(7-11(13)10-4-5-10)15-12(16(17,18)19)3-2-6-20-15/h2-3,6,10-11,13H,4-5,7-9H2,1H3,(H,21,23)/t11-,13+/m0/s1. The maximum atomic E-state index is 13.2. The molecule has 1 N–H and O–H groups in total. The summed E-state index contributed by atoms with van der Waals surface area (Å²) >= 11 is 0. The SMILES string of the molecule is COCC(=O)N[C@@H]1CN(c2ncccc2C(F)(F)F)C[C@H]1C1CC1. The predicted octanol–water partition coefficient (Wildman–Crippen LogP) is 2.08. The normalized spacial score (nSPS) is 24.2. The number of methoxy groups -OCH3 is 1. The number of pyridine rings is 1. The summed E-state index contributed by atoms with van der Waals surface area (Å²) in [6.45, 7) is 0.755. The number of hydrogen-bond donors (Lipinski definition) is 1. The average molecular weight is 343 g/mol. The zero-order valence-corrected chi connectivity index (χ0v) is 13.3. The van der Waals surface area contributed by atoms with Gasteiger partial charge in [-0.3, -0.25) is 4.79 Å². The molecular weight excluding hydrogens is 323 g/mol. The number of carbonyl (C=O) groups excluding carboxylic acids is 1. The van der Waals surface area contributed by atoms with E-state index in [9.17, 15) is 18.0 Å². The van der Waals surface area contributed by atoms with Crippen molar-refractivity contribution in [3.05, 3.63) is 23.9 Å². The van der Waals surface area contributed by atoms with E-state index < -0.39 is 11.7 Å². The Labute approximate surface area is 138 Å². The fourth-order valence-corrected chi connectivity index (χ4v) is 3.41. The minimum Gasteiger partial charge on any atom is -0.375 e. The van der Waals surface area contributed by atoms with E-state index in [4.69, 9.17) is 4.74 Å². The summed E-state index contributed by atoms with van der Waals surface area (Å²) in [5, 5.41) is 2.89. The van der Waals surface area contributed by atoms with Crippen molar-refractivity contribution in [2.45, 2.75) is 25.1 Å². The third-order valence-corrected chi connectivity index (χ3v) is 4.61. The van der Waals surface area contributed by atoms with Gasteiger partial charge in [0.25, 0.3) is 0 Å². The first-order chi connectivity index (χ1) is 11.4. The van der Waals surface area contributed by atoms with Gasteiger partial charge in [0.05, 0.1) is 11.6 Å². The van der Waals surface area contributed by atoms with Crippen LogP contribution in [0.4, 0.5) is 19.0 Å². The smallest absolute Gasteiger partial charge is 0.375 e. The number of anilines is 1. The highest BCUT2D eigenvalue weighted by atomic mass is 19.4. The third-order valence-electron chi connectivity index (χ3n) is 4.61. The molecule has 5 nitrogen and oxygen atoms in total. The highest BCUT2D eigenvalue weighted by molar-refractivity contribution is 5.77. The molecule has 2 atom stereocenters. The fourth-order valence-electron chi connectivity index (χ4n) is 3.41. The lowest BCUT2D eigenvalue weighted by molar-refractivity contribution is -0.137. The first-order valence-electron chi connectivity index (χ1n) is 7.95. The van der Waals surface area contributed by atoms with Crippen molar-refractivity contribution in [2.75, 3.05) is 31.7 Å². The molecule has 132 valence electrons. The zero-order valence-electron chi connectivity index (χ0n) is 13.3. The van der Waals surface area contributed by atoms with Gasteiger partial charge in [-0.05, 0) is 30.9 Å². The number of hydrogen-bond acceptors (Lipinski definition) is 4. The summed E-state index contributed by atoms with van der Waals surface area (Å²) in [5.41, 5.74) is -0.733. The number of rotatable bonds is 5. The Hall–Kier alpha value is -1.83. The number of nitrogens with zero attached hydrogens (tertiary/aromatic N) is 2. The lowest BCUT2D eigenvalue weighted by Gasteiger charge is -2.21. The molecule has 2 heterocycles. The minimum absolute atomic E-state index is 0.0503. The Bertz CT molecular complexity index is 604. The fraction of sp³-hybridized carbons (Fsp3) is 0.625. The Kier molecular flexibility index (Phi) is 4.67. The van der Waals surface area contributed by atoms with E-state index in [1.54, 1.807) is 4.90 Å². The van der Waals surface area contributed by atoms with Crippen LogP contribution in [0.15, 0.2) is 18.3 Å². The lowest BCUT2D eigenvalue weighted by Crippen LogP contribution is -2.42. The maximum Gasteiger partial charge on any atom is 0.419 e. The molecule has 24 heavy (non-hydrogen) atoms. The molecule has 0 bridgehead atoms. The van der Waals surface area contributed by atoms with Crippen LogP contribution in [-0.4, -0.2) is 43.7 Å². The van der Waals surface area contributed by atoms with E-state index in [0.717, 1.165) is 18.9 Å². The molecule has 2 aliphatic rings. The lowest BCUT2D eigenvalue weighted by atomic mass is 9.98. The van der Waals surface area contributed by atoms with Gasteiger partial charge < -0.3 is 15.0 Å². The monoisotopic (exact) mass is 343 g/mol. The second-order valence-corrected chi connectivity index (χ2v) is 6.39. The van der Waals surface area contributed by atoms with Crippen LogP contribution in [-0.2, 0) is 15.7 Å². The van der Waals surface area contributed by atoms with Crippen LogP contribution in [0, 0.1) is 11.8 Å². The highest BCUT2D eigenvalue weighted by Crippen LogP contribution is 2.44. The molecule has 1 saturated heterocycles. The quantitative estimate of drug-likeness (QED) is 0.889. The first kappa shape index (κ1) is 17.0. The summed E-state index contributed by atoms with van der Waals surface area (Å²) in [5.74, 6) is 0.306. The van der Waals surface area contributed by atoms with Gasteiger partial charge in [0.2, 0.25) is 5.91 Å². The van der Waals surface area contributed by atoms with Crippen LogP contribution >= 0.6 is 0 Å². The van der Waals surface area contributed by atoms with Gasteiger partial charge in [-0.25, -0.2) is 4.98 Å². The van der Waals surface area contributed by atoms with Gasteiger partial charge in [-0.1, -0.05) is 0 Å². The van der Waals surface area contributed by atoms with Crippen molar-refractivity contribution >= 4 is 11.7 Å². The van der Waals surface area contributed by atoms with E-state index in [1.165, 1.54) is 19.4 Å². The molecule has 1 aromatic heterocycles. The zero-order chi connectivity index (χ0) is 17.3. The predicted molar refractivity (Wildman–Crippen MR) is 81.5 cm³/mol. The van der Waals surface area contributed by atoms with Gasteiger partial charge in [-0.15, -0.1) is 0 Å². The van der Waals surface area contributed by atoms with Crippen LogP contribution < -0.4 is 10.2 Å². The molecule has 1 amide bonds. The van der Waals surface area contributed by atoms with Crippen LogP contribution in [0.25, 0.3) is 0 Å². The van der Waals surface area contributed by atoms with Crippen LogP contribution in [0.2, 0.25) is 0 Å². The van der Waals surface area contributed by atoms with Gasteiger partial charge in [0, 0.05) is 32.3 Å². The van der Waals surface area contributed by atoms with Crippen molar-refractivity contribution in [2.24, 2.45) is 11.8 Å². The topological polar surface area (TPSA) is 54.5 Å². The summed E-state index contributed by atoms with van der Waals surface area (Å²) in [7, 11) is 1.43. The van der Waals surface area contributed by atoms with E-state index in [-0.39, 0.29) is 30.3 Å². The van der Waals surface area contributed by atoms with Crippen molar-refractivity contribution in [1.29, 1.82) is 0 Å². The van der Waals surface area contributed by atoms with E-state index in [2.05, 4.69) is 10.3 Å². The van der Waals surface area contributed by atoms with E-state index in [0.29, 0.717) is 19.0 Å². The molecule has 1 aliphatic carbocycles. The number of aromatic nitrogens is 1. The van der Waals surface area contributed by atoms with Crippen LogP contribution in [0.3, 0.4) is 0 Å². The molecule has 0 unspecified atom stereocenters. The van der Waals surface area contributed by atoms with Gasteiger partial charge in [0.15, 0.2) is 0 Å². The molecule has 0 spiro atoms. The number of amides is 1.